The maximum atomic E-state index is 14.0. The maximum Gasteiger partial charge on any atom is 0.289 e. The van der Waals surface area contributed by atoms with Gasteiger partial charge in [-0.15, -0.1) is 0 Å². The Balaban J connectivity index is 1.49. The fourth-order valence-electron chi connectivity index (χ4n) is 3.21. The zero-order valence-corrected chi connectivity index (χ0v) is 15.1. The second kappa shape index (κ2) is 8.08. The van der Waals surface area contributed by atoms with Gasteiger partial charge >= 0.3 is 0 Å². The highest BCUT2D eigenvalue weighted by Crippen LogP contribution is 2.21. The molecule has 1 aromatic heterocycles. The Morgan fingerprint density at radius 3 is 2.61 bits per heavy atom. The minimum Gasteiger partial charge on any atom is -0.459 e. The van der Waals surface area contributed by atoms with Gasteiger partial charge in [-0.3, -0.25) is 4.79 Å². The van der Waals surface area contributed by atoms with E-state index in [9.17, 15) is 9.18 Å². The molecule has 0 aliphatic carbocycles. The lowest BCUT2D eigenvalue weighted by molar-refractivity contribution is 0.0387. The number of carbonyl (C=O) groups is 1. The number of benzene rings is 2. The maximum absolute atomic E-state index is 14.0. The van der Waals surface area contributed by atoms with Crippen LogP contribution in [0, 0.1) is 5.82 Å². The minimum atomic E-state index is -0.350. The number of halogens is 1. The molecule has 142 valence electrons. The van der Waals surface area contributed by atoms with E-state index in [1.165, 1.54) is 12.3 Å². The molecule has 6 heteroatoms. The first-order valence-corrected chi connectivity index (χ1v) is 9.05. The van der Waals surface area contributed by atoms with E-state index < -0.39 is 0 Å². The number of amides is 1. The van der Waals surface area contributed by atoms with Crippen LogP contribution in [0.25, 0.3) is 0 Å². The van der Waals surface area contributed by atoms with Crippen LogP contribution in [-0.4, -0.2) is 29.2 Å². The molecular weight excluding hydrogens is 359 g/mol. The Bertz CT molecular complexity index is 970. The largest absolute Gasteiger partial charge is 0.459 e. The molecule has 0 spiro atoms. The molecule has 5 nitrogen and oxygen atoms in total. The number of nitrogens with zero attached hydrogens (tertiary/aromatic N) is 2. The summed E-state index contributed by atoms with van der Waals surface area (Å²) in [5, 5.41) is 4.05. The van der Waals surface area contributed by atoms with Crippen LogP contribution in [-0.2, 0) is 11.4 Å². The van der Waals surface area contributed by atoms with Crippen molar-refractivity contribution in [3.63, 3.8) is 0 Å². The highest BCUT2D eigenvalue weighted by Gasteiger charge is 2.29. The molecule has 0 N–H and O–H groups in total. The van der Waals surface area contributed by atoms with Crippen molar-refractivity contribution in [3.8, 4) is 0 Å². The zero-order valence-electron chi connectivity index (χ0n) is 15.1. The lowest BCUT2D eigenvalue weighted by atomic mass is 10.0. The topological polar surface area (TPSA) is 55.0 Å². The number of furan rings is 1. The molecule has 0 saturated carbocycles. The SMILES string of the molecule is O=C(c1ccco1)N(Cc1ccccc1)CC1CC(c2ccccc2F)=NO1. The van der Waals surface area contributed by atoms with Gasteiger partial charge in [-0.2, -0.15) is 0 Å². The molecule has 2 aromatic carbocycles. The summed E-state index contributed by atoms with van der Waals surface area (Å²) < 4.78 is 19.3. The molecule has 0 bridgehead atoms. The first kappa shape index (κ1) is 18.0. The molecule has 1 atom stereocenters. The van der Waals surface area contributed by atoms with Crippen LogP contribution in [0.3, 0.4) is 0 Å². The van der Waals surface area contributed by atoms with Crippen molar-refractivity contribution in [1.82, 2.24) is 4.90 Å². The summed E-state index contributed by atoms with van der Waals surface area (Å²) in [7, 11) is 0. The second-order valence-electron chi connectivity index (χ2n) is 6.60. The van der Waals surface area contributed by atoms with E-state index in [-0.39, 0.29) is 23.6 Å². The summed E-state index contributed by atoms with van der Waals surface area (Å²) >= 11 is 0. The van der Waals surface area contributed by atoms with E-state index in [0.717, 1.165) is 5.56 Å². The van der Waals surface area contributed by atoms with Gasteiger partial charge in [0.25, 0.3) is 5.91 Å². The minimum absolute atomic E-state index is 0.225. The predicted octanol–water partition coefficient (Wildman–Crippen LogP) is 4.25. The molecule has 1 unspecified atom stereocenters. The lowest BCUT2D eigenvalue weighted by Gasteiger charge is -2.24. The average Bonchev–Trinajstić information content (AvgIpc) is 3.40. The van der Waals surface area contributed by atoms with Gasteiger partial charge in [0, 0.05) is 18.5 Å². The van der Waals surface area contributed by atoms with Gasteiger partial charge < -0.3 is 14.2 Å². The molecule has 28 heavy (non-hydrogen) atoms. The predicted molar refractivity (Wildman–Crippen MR) is 102 cm³/mol. The Labute approximate surface area is 162 Å². The number of rotatable bonds is 6. The molecule has 1 aliphatic rings. The van der Waals surface area contributed by atoms with Crippen molar-refractivity contribution < 1.29 is 18.4 Å². The second-order valence-corrected chi connectivity index (χ2v) is 6.60. The molecule has 0 fully saturated rings. The highest BCUT2D eigenvalue weighted by molar-refractivity contribution is 6.01. The lowest BCUT2D eigenvalue weighted by Crippen LogP contribution is -2.37. The van der Waals surface area contributed by atoms with Gasteiger partial charge in [0.1, 0.15) is 5.82 Å². The van der Waals surface area contributed by atoms with Crippen molar-refractivity contribution in [3.05, 3.63) is 95.7 Å². The standard InChI is InChI=1S/C22H19FN2O3/c23-19-10-5-4-9-18(19)20-13-17(28-24-20)15-25(14-16-7-2-1-3-8-16)22(26)21-11-6-12-27-21/h1-12,17H,13-15H2. The average molecular weight is 378 g/mol. The zero-order chi connectivity index (χ0) is 19.3. The van der Waals surface area contributed by atoms with Gasteiger partial charge in [-0.05, 0) is 23.8 Å². The molecule has 1 amide bonds. The molecule has 4 rings (SSSR count). The quantitative estimate of drug-likeness (QED) is 0.644. The van der Waals surface area contributed by atoms with Crippen LogP contribution in [0.2, 0.25) is 0 Å². The van der Waals surface area contributed by atoms with Crippen LogP contribution < -0.4 is 0 Å². The van der Waals surface area contributed by atoms with E-state index in [0.29, 0.717) is 30.8 Å². The van der Waals surface area contributed by atoms with E-state index in [1.807, 2.05) is 30.3 Å². The summed E-state index contributed by atoms with van der Waals surface area (Å²) in [4.78, 5) is 20.1. The Morgan fingerprint density at radius 1 is 1.07 bits per heavy atom. The van der Waals surface area contributed by atoms with Crippen LogP contribution in [0.5, 0.6) is 0 Å². The first-order chi connectivity index (χ1) is 13.7. The number of oxime groups is 1. The fourth-order valence-corrected chi connectivity index (χ4v) is 3.21. The van der Waals surface area contributed by atoms with E-state index in [4.69, 9.17) is 9.25 Å². The van der Waals surface area contributed by atoms with Gasteiger partial charge in [-0.1, -0.05) is 53.7 Å². The van der Waals surface area contributed by atoms with Gasteiger partial charge in [0.2, 0.25) is 0 Å². The third-order valence-electron chi connectivity index (χ3n) is 4.58. The number of hydrogen-bond donors (Lipinski definition) is 0. The van der Waals surface area contributed by atoms with E-state index in [2.05, 4.69) is 5.16 Å². The van der Waals surface area contributed by atoms with Gasteiger partial charge in [-0.25, -0.2) is 4.39 Å². The third-order valence-corrected chi connectivity index (χ3v) is 4.58. The Morgan fingerprint density at radius 2 is 1.86 bits per heavy atom. The molecule has 1 aliphatic heterocycles. The molecule has 0 saturated heterocycles. The first-order valence-electron chi connectivity index (χ1n) is 9.05. The third kappa shape index (κ3) is 3.96. The Hall–Kier alpha value is -3.41. The van der Waals surface area contributed by atoms with Crippen molar-refractivity contribution in [2.75, 3.05) is 6.54 Å². The van der Waals surface area contributed by atoms with Crippen molar-refractivity contribution >= 4 is 11.6 Å². The summed E-state index contributed by atoms with van der Waals surface area (Å²) in [6.07, 6.45) is 1.55. The van der Waals surface area contributed by atoms with E-state index in [1.54, 1.807) is 35.2 Å². The van der Waals surface area contributed by atoms with Crippen LogP contribution in [0.15, 0.2) is 82.6 Å². The van der Waals surface area contributed by atoms with Crippen LogP contribution >= 0.6 is 0 Å². The molecule has 3 aromatic rings. The van der Waals surface area contributed by atoms with Crippen molar-refractivity contribution in [2.24, 2.45) is 5.16 Å². The van der Waals surface area contributed by atoms with Crippen molar-refractivity contribution in [1.29, 1.82) is 0 Å². The fraction of sp³-hybridized carbons (Fsp3) is 0.182. The van der Waals surface area contributed by atoms with Gasteiger partial charge in [0.15, 0.2) is 11.9 Å². The molecule has 2 heterocycles. The van der Waals surface area contributed by atoms with Crippen LogP contribution in [0.4, 0.5) is 4.39 Å². The summed E-state index contributed by atoms with van der Waals surface area (Å²) in [5.41, 5.74) is 1.97. The summed E-state index contributed by atoms with van der Waals surface area (Å²) in [6.45, 7) is 0.727. The highest BCUT2D eigenvalue weighted by atomic mass is 19.1. The monoisotopic (exact) mass is 378 g/mol. The Kier molecular flexibility index (Phi) is 5.19. The molecular formula is C22H19FN2O3. The number of carbonyl (C=O) groups excluding carboxylic acids is 1. The smallest absolute Gasteiger partial charge is 0.289 e. The van der Waals surface area contributed by atoms with E-state index >= 15 is 0 Å². The van der Waals surface area contributed by atoms with Gasteiger partial charge in [0.05, 0.1) is 18.5 Å². The van der Waals surface area contributed by atoms with Crippen LogP contribution in [0.1, 0.15) is 28.1 Å². The number of hydrogen-bond acceptors (Lipinski definition) is 4. The molecule has 0 radical (unpaired) electrons. The van der Waals surface area contributed by atoms with Crippen molar-refractivity contribution in [2.45, 2.75) is 19.1 Å². The normalized spacial score (nSPS) is 15.8. The summed E-state index contributed by atoms with van der Waals surface area (Å²) in [6, 6.07) is 19.5. The summed E-state index contributed by atoms with van der Waals surface area (Å²) in [5.74, 6) is -0.292.